The van der Waals surface area contributed by atoms with E-state index in [1.54, 1.807) is 0 Å². The first-order valence-electron chi connectivity index (χ1n) is 8.69. The van der Waals surface area contributed by atoms with E-state index >= 15 is 0 Å². The van der Waals surface area contributed by atoms with E-state index in [0.29, 0.717) is 6.10 Å². The summed E-state index contributed by atoms with van der Waals surface area (Å²) in [6.45, 7) is 2.65. The lowest BCUT2D eigenvalue weighted by Crippen LogP contribution is -2.02. The van der Waals surface area contributed by atoms with Crippen LogP contribution in [0.5, 0.6) is 0 Å². The lowest BCUT2D eigenvalue weighted by atomic mass is 10.1. The molecule has 1 atom stereocenters. The minimum Gasteiger partial charge on any atom is -0.379 e. The Hall–Kier alpha value is 0.400. The maximum absolute atomic E-state index is 5.53. The van der Waals surface area contributed by atoms with E-state index in [0.717, 1.165) is 19.8 Å². The van der Waals surface area contributed by atoms with Gasteiger partial charge in [0.15, 0.2) is 0 Å². The fourth-order valence-corrected chi connectivity index (χ4v) is 2.84. The number of hydrogen-bond donors (Lipinski definition) is 0. The smallest absolute Gasteiger partial charge is 0.104 e. The highest BCUT2D eigenvalue weighted by molar-refractivity contribution is 9.09. The molecule has 1 rings (SSSR count). The van der Waals surface area contributed by atoms with E-state index in [4.69, 9.17) is 9.47 Å². The summed E-state index contributed by atoms with van der Waals surface area (Å²) in [5.41, 5.74) is 0. The third-order valence-corrected chi connectivity index (χ3v) is 4.44. The summed E-state index contributed by atoms with van der Waals surface area (Å²) in [6, 6.07) is 0. The van der Waals surface area contributed by atoms with E-state index in [1.807, 2.05) is 0 Å². The van der Waals surface area contributed by atoms with Crippen molar-refractivity contribution in [2.24, 2.45) is 0 Å². The normalized spacial score (nSPS) is 17.6. The molecule has 0 spiro atoms. The largest absolute Gasteiger partial charge is 0.379 e. The van der Waals surface area contributed by atoms with Crippen LogP contribution in [0.2, 0.25) is 0 Å². The van der Waals surface area contributed by atoms with Gasteiger partial charge >= 0.3 is 0 Å². The van der Waals surface area contributed by atoms with E-state index in [-0.39, 0.29) is 0 Å². The topological polar surface area (TPSA) is 21.8 Å². The van der Waals surface area contributed by atoms with Gasteiger partial charge < -0.3 is 9.47 Å². The van der Waals surface area contributed by atoms with Gasteiger partial charge in [-0.3, -0.25) is 0 Å². The molecule has 0 N–H and O–H groups in total. The van der Waals surface area contributed by atoms with Crippen LogP contribution in [-0.2, 0) is 9.47 Å². The average molecular weight is 349 g/mol. The SMILES string of the molecule is BrCCCCCCCCCCCCCCOCC1CO1. The first-order chi connectivity index (χ1) is 9.93. The van der Waals surface area contributed by atoms with Gasteiger partial charge in [-0.15, -0.1) is 0 Å². The zero-order valence-electron chi connectivity index (χ0n) is 13.1. The van der Waals surface area contributed by atoms with Gasteiger partial charge in [0.2, 0.25) is 0 Å². The van der Waals surface area contributed by atoms with Gasteiger partial charge in [-0.05, 0) is 12.8 Å². The minimum absolute atomic E-state index is 0.425. The highest BCUT2D eigenvalue weighted by Gasteiger charge is 2.21. The highest BCUT2D eigenvalue weighted by Crippen LogP contribution is 2.13. The Labute approximate surface area is 134 Å². The number of epoxide rings is 1. The lowest BCUT2D eigenvalue weighted by Gasteiger charge is -2.03. The van der Waals surface area contributed by atoms with Crippen LogP contribution in [0.25, 0.3) is 0 Å². The molecule has 0 aromatic carbocycles. The molecule has 0 saturated carbocycles. The standard InChI is InChI=1S/C17H33BrO2/c18-13-11-9-7-5-3-1-2-4-6-8-10-12-14-19-15-17-16-20-17/h17H,1-16H2. The van der Waals surface area contributed by atoms with Crippen molar-refractivity contribution in [2.75, 3.05) is 25.2 Å². The first kappa shape index (κ1) is 18.4. The second-order valence-corrected chi connectivity index (χ2v) is 6.75. The van der Waals surface area contributed by atoms with Crippen LogP contribution in [-0.4, -0.2) is 31.3 Å². The van der Waals surface area contributed by atoms with Crippen molar-refractivity contribution < 1.29 is 9.47 Å². The summed E-state index contributed by atoms with van der Waals surface area (Å²) in [5.74, 6) is 0. The molecule has 0 aromatic heterocycles. The monoisotopic (exact) mass is 348 g/mol. The molecule has 1 unspecified atom stereocenters. The number of alkyl halides is 1. The molecule has 0 amide bonds. The van der Waals surface area contributed by atoms with Crippen molar-refractivity contribution in [3.63, 3.8) is 0 Å². The third-order valence-electron chi connectivity index (χ3n) is 3.88. The van der Waals surface area contributed by atoms with Gasteiger partial charge in [-0.25, -0.2) is 0 Å². The van der Waals surface area contributed by atoms with Crippen molar-refractivity contribution in [1.82, 2.24) is 0 Å². The Kier molecular flexibility index (Phi) is 13.2. The van der Waals surface area contributed by atoms with Crippen LogP contribution in [0.3, 0.4) is 0 Å². The molecular weight excluding hydrogens is 316 g/mol. The Balaban J connectivity index is 1.60. The Morgan fingerprint density at radius 3 is 1.65 bits per heavy atom. The Bertz CT molecular complexity index is 195. The number of halogens is 1. The van der Waals surface area contributed by atoms with Gasteiger partial charge in [-0.2, -0.15) is 0 Å². The van der Waals surface area contributed by atoms with Crippen LogP contribution in [0, 0.1) is 0 Å². The molecule has 1 aliphatic rings. The number of unbranched alkanes of at least 4 members (excludes halogenated alkanes) is 11. The van der Waals surface area contributed by atoms with Crippen molar-refractivity contribution in [1.29, 1.82) is 0 Å². The number of hydrogen-bond acceptors (Lipinski definition) is 2. The predicted molar refractivity (Wildman–Crippen MR) is 89.8 cm³/mol. The van der Waals surface area contributed by atoms with Gasteiger partial charge in [0.25, 0.3) is 0 Å². The molecule has 0 aliphatic carbocycles. The van der Waals surface area contributed by atoms with Crippen molar-refractivity contribution in [3.8, 4) is 0 Å². The zero-order valence-corrected chi connectivity index (χ0v) is 14.7. The summed E-state index contributed by atoms with van der Waals surface area (Å²) < 4.78 is 10.6. The molecule has 3 heteroatoms. The maximum atomic E-state index is 5.53. The Morgan fingerprint density at radius 2 is 1.20 bits per heavy atom. The molecule has 0 radical (unpaired) electrons. The second kappa shape index (κ2) is 14.3. The predicted octanol–water partition coefficient (Wildman–Crippen LogP) is 5.48. The van der Waals surface area contributed by atoms with Gasteiger partial charge in [0.1, 0.15) is 6.10 Å². The van der Waals surface area contributed by atoms with Crippen LogP contribution < -0.4 is 0 Å². The van der Waals surface area contributed by atoms with Crippen molar-refractivity contribution in [3.05, 3.63) is 0 Å². The molecule has 120 valence electrons. The average Bonchev–Trinajstić information content (AvgIpc) is 3.27. The molecule has 1 heterocycles. The van der Waals surface area contributed by atoms with E-state index in [9.17, 15) is 0 Å². The molecule has 0 aromatic rings. The molecular formula is C17H33BrO2. The van der Waals surface area contributed by atoms with Crippen LogP contribution in [0.4, 0.5) is 0 Å². The summed E-state index contributed by atoms with van der Waals surface area (Å²) in [7, 11) is 0. The lowest BCUT2D eigenvalue weighted by molar-refractivity contribution is 0.113. The quantitative estimate of drug-likeness (QED) is 0.209. The highest BCUT2D eigenvalue weighted by atomic mass is 79.9. The number of rotatable bonds is 16. The minimum atomic E-state index is 0.425. The van der Waals surface area contributed by atoms with Crippen molar-refractivity contribution >= 4 is 15.9 Å². The van der Waals surface area contributed by atoms with Gasteiger partial charge in [-0.1, -0.05) is 80.1 Å². The summed E-state index contributed by atoms with van der Waals surface area (Å²) in [6.07, 6.45) is 17.1. The van der Waals surface area contributed by atoms with E-state index in [1.165, 1.54) is 82.4 Å². The van der Waals surface area contributed by atoms with E-state index in [2.05, 4.69) is 15.9 Å². The second-order valence-electron chi connectivity index (χ2n) is 5.96. The third kappa shape index (κ3) is 13.4. The fraction of sp³-hybridized carbons (Fsp3) is 1.00. The van der Waals surface area contributed by atoms with Gasteiger partial charge in [0.05, 0.1) is 13.2 Å². The molecule has 1 aliphatic heterocycles. The Morgan fingerprint density at radius 1 is 0.750 bits per heavy atom. The summed E-state index contributed by atoms with van der Waals surface area (Å²) >= 11 is 3.48. The molecule has 1 fully saturated rings. The summed E-state index contributed by atoms with van der Waals surface area (Å²) in [4.78, 5) is 0. The molecule has 0 bridgehead atoms. The zero-order chi connectivity index (χ0) is 14.3. The summed E-state index contributed by atoms with van der Waals surface area (Å²) in [5, 5.41) is 1.17. The molecule has 20 heavy (non-hydrogen) atoms. The van der Waals surface area contributed by atoms with Crippen LogP contribution >= 0.6 is 15.9 Å². The maximum Gasteiger partial charge on any atom is 0.104 e. The molecule has 1 saturated heterocycles. The van der Waals surface area contributed by atoms with Gasteiger partial charge in [0, 0.05) is 11.9 Å². The van der Waals surface area contributed by atoms with E-state index < -0.39 is 0 Å². The van der Waals surface area contributed by atoms with Crippen molar-refractivity contribution in [2.45, 2.75) is 83.2 Å². The number of ether oxygens (including phenoxy) is 2. The molecule has 2 nitrogen and oxygen atoms in total. The first-order valence-corrected chi connectivity index (χ1v) is 9.81. The van der Waals surface area contributed by atoms with Crippen LogP contribution in [0.15, 0.2) is 0 Å². The fourth-order valence-electron chi connectivity index (χ4n) is 2.45. The van der Waals surface area contributed by atoms with Crippen LogP contribution in [0.1, 0.15) is 77.0 Å².